The first-order chi connectivity index (χ1) is 17.6. The fourth-order valence-corrected chi connectivity index (χ4v) is 3.68. The number of aliphatic carboxylic acids is 1. The van der Waals surface area contributed by atoms with Gasteiger partial charge in [-0.3, -0.25) is 0 Å². The number of ether oxygens (including phenoxy) is 2. The van der Waals surface area contributed by atoms with E-state index in [4.69, 9.17) is 14.6 Å². The zero-order valence-electron chi connectivity index (χ0n) is 20.0. The number of nitrogens with one attached hydrogen (secondary N) is 1. The Morgan fingerprint density at radius 2 is 1.78 bits per heavy atom. The van der Waals surface area contributed by atoms with Crippen molar-refractivity contribution in [2.24, 2.45) is 0 Å². The molecule has 0 unspecified atom stereocenters. The minimum absolute atomic E-state index is 0.0213. The van der Waals surface area contributed by atoms with Crippen LogP contribution in [-0.4, -0.2) is 30.3 Å². The van der Waals surface area contributed by atoms with Crippen LogP contribution >= 0.6 is 0 Å². The summed E-state index contributed by atoms with van der Waals surface area (Å²) in [7, 11) is 0. The number of rotatable bonds is 8. The van der Waals surface area contributed by atoms with Crippen molar-refractivity contribution in [1.29, 1.82) is 0 Å². The molecule has 0 aliphatic carbocycles. The van der Waals surface area contributed by atoms with Crippen LogP contribution in [0.2, 0.25) is 0 Å². The van der Waals surface area contributed by atoms with Gasteiger partial charge in [0.2, 0.25) is 0 Å². The highest BCUT2D eigenvalue weighted by atomic mass is 16.5. The summed E-state index contributed by atoms with van der Waals surface area (Å²) in [5.41, 5.74) is 5.00. The molecule has 0 saturated carbocycles. The Balaban J connectivity index is 1.48. The van der Waals surface area contributed by atoms with Crippen LogP contribution in [0, 0.1) is 18.8 Å². The number of carboxylic acids is 1. The van der Waals surface area contributed by atoms with E-state index < -0.39 is 5.97 Å². The van der Waals surface area contributed by atoms with Crippen LogP contribution in [0.4, 0.5) is 0 Å². The van der Waals surface area contributed by atoms with E-state index in [0.717, 1.165) is 27.8 Å². The molecule has 4 rings (SSSR count). The second-order valence-corrected chi connectivity index (χ2v) is 8.14. The van der Waals surface area contributed by atoms with E-state index >= 15 is 0 Å². The third-order valence-corrected chi connectivity index (χ3v) is 5.47. The third kappa shape index (κ3) is 6.91. The fraction of sp³-hybridized carbons (Fsp3) is 0.129. The van der Waals surface area contributed by atoms with Gasteiger partial charge in [0.15, 0.2) is 6.61 Å². The Kier molecular flexibility index (Phi) is 8.24. The lowest BCUT2D eigenvalue weighted by atomic mass is 9.97. The lowest BCUT2D eigenvalue weighted by molar-refractivity contribution is -0.139. The fourth-order valence-electron chi connectivity index (χ4n) is 3.68. The molecule has 5 heteroatoms. The Labute approximate surface area is 211 Å². The summed E-state index contributed by atoms with van der Waals surface area (Å²) in [4.78, 5) is 10.7. The van der Waals surface area contributed by atoms with Gasteiger partial charge >= 0.3 is 5.97 Å². The summed E-state index contributed by atoms with van der Waals surface area (Å²) in [6.45, 7) is 1.85. The molecule has 1 aliphatic heterocycles. The zero-order valence-corrected chi connectivity index (χ0v) is 20.0. The number of carboxylic acid groups (broad SMARTS) is 1. The monoisotopic (exact) mass is 477 g/mol. The summed E-state index contributed by atoms with van der Waals surface area (Å²) < 4.78 is 11.3. The maximum Gasteiger partial charge on any atom is 0.341 e. The van der Waals surface area contributed by atoms with E-state index in [9.17, 15) is 4.79 Å². The van der Waals surface area contributed by atoms with Crippen molar-refractivity contribution in [3.8, 4) is 23.3 Å². The quantitative estimate of drug-likeness (QED) is 0.428. The highest BCUT2D eigenvalue weighted by Gasteiger charge is 2.07. The number of dihydropyridines is 1. The molecule has 0 saturated heterocycles. The van der Waals surface area contributed by atoms with Gasteiger partial charge in [-0.25, -0.2) is 4.79 Å². The lowest BCUT2D eigenvalue weighted by Crippen LogP contribution is -2.21. The van der Waals surface area contributed by atoms with Crippen molar-refractivity contribution in [3.05, 3.63) is 126 Å². The molecule has 2 N–H and O–H groups in total. The van der Waals surface area contributed by atoms with Gasteiger partial charge in [0.25, 0.3) is 0 Å². The highest BCUT2D eigenvalue weighted by molar-refractivity contribution is 5.80. The Morgan fingerprint density at radius 3 is 2.47 bits per heavy atom. The number of allylic oxidation sites excluding steroid dienone is 2. The van der Waals surface area contributed by atoms with Gasteiger partial charge in [-0.15, -0.1) is 0 Å². The molecular formula is C31H27NO4. The summed E-state index contributed by atoms with van der Waals surface area (Å²) in [6, 6.07) is 23.8. The van der Waals surface area contributed by atoms with Crippen molar-refractivity contribution in [3.63, 3.8) is 0 Å². The average Bonchev–Trinajstić information content (AvgIpc) is 2.91. The van der Waals surface area contributed by atoms with Crippen molar-refractivity contribution < 1.29 is 19.4 Å². The third-order valence-electron chi connectivity index (χ3n) is 5.47. The van der Waals surface area contributed by atoms with Crippen molar-refractivity contribution in [2.45, 2.75) is 13.0 Å². The largest absolute Gasteiger partial charge is 0.489 e. The van der Waals surface area contributed by atoms with E-state index in [1.165, 1.54) is 0 Å². The molecule has 180 valence electrons. The van der Waals surface area contributed by atoms with E-state index in [1.54, 1.807) is 12.1 Å². The van der Waals surface area contributed by atoms with Crippen molar-refractivity contribution in [1.82, 2.24) is 5.32 Å². The molecule has 0 amide bonds. The van der Waals surface area contributed by atoms with Gasteiger partial charge in [-0.1, -0.05) is 66.5 Å². The molecule has 1 atom stereocenters. The SMILES string of the molecule is Cc1cc(OC/C=C(\c2ccccc2)c2ccc(C#C[C@@H]3C=CC=CN3)cc2)ccc1OCC(=O)O. The second-order valence-electron chi connectivity index (χ2n) is 8.14. The molecule has 36 heavy (non-hydrogen) atoms. The van der Waals surface area contributed by atoms with Crippen molar-refractivity contribution in [2.75, 3.05) is 13.2 Å². The standard InChI is InChI=1S/C31H27NO4/c1-23-21-28(16-17-30(23)36-22-31(33)34)35-20-18-29(25-7-3-2-4-8-25)26-13-10-24(11-14-26)12-15-27-9-5-6-19-32-27/h2-11,13-14,16-19,21,27,32H,20,22H2,1H3,(H,33,34)/b29-18+/t27-/m0/s1. The molecule has 1 heterocycles. The van der Waals surface area contributed by atoms with Crippen LogP contribution in [-0.2, 0) is 4.79 Å². The number of benzene rings is 3. The smallest absolute Gasteiger partial charge is 0.341 e. The maximum atomic E-state index is 10.7. The molecule has 5 nitrogen and oxygen atoms in total. The van der Waals surface area contributed by atoms with Gasteiger partial charge in [0.05, 0.1) is 0 Å². The van der Waals surface area contributed by atoms with Gasteiger partial charge in [0.1, 0.15) is 24.1 Å². The Morgan fingerprint density at radius 1 is 1.00 bits per heavy atom. The molecule has 3 aromatic carbocycles. The first kappa shape index (κ1) is 24.4. The van der Waals surface area contributed by atoms with Crippen LogP contribution in [0.25, 0.3) is 5.57 Å². The minimum atomic E-state index is -1.01. The predicted octanol–water partition coefficient (Wildman–Crippen LogP) is 5.36. The molecule has 0 radical (unpaired) electrons. The number of carbonyl (C=O) groups is 1. The van der Waals surface area contributed by atoms with Gasteiger partial charge in [-0.2, -0.15) is 0 Å². The zero-order chi connectivity index (χ0) is 25.2. The number of hydrogen-bond donors (Lipinski definition) is 2. The Bertz CT molecular complexity index is 1340. The summed E-state index contributed by atoms with van der Waals surface area (Å²) in [5, 5.41) is 12.0. The van der Waals surface area contributed by atoms with E-state index in [0.29, 0.717) is 18.1 Å². The summed E-state index contributed by atoms with van der Waals surface area (Å²) in [5.74, 6) is 6.65. The molecule has 0 bridgehead atoms. The average molecular weight is 478 g/mol. The molecule has 0 aromatic heterocycles. The van der Waals surface area contributed by atoms with Crippen LogP contribution in [0.1, 0.15) is 22.3 Å². The summed E-state index contributed by atoms with van der Waals surface area (Å²) in [6.07, 6.45) is 9.91. The van der Waals surface area contributed by atoms with Gasteiger partial charge in [-0.05, 0) is 77.9 Å². The topological polar surface area (TPSA) is 67.8 Å². The van der Waals surface area contributed by atoms with E-state index in [1.807, 2.05) is 67.7 Å². The summed E-state index contributed by atoms with van der Waals surface area (Å²) >= 11 is 0. The van der Waals surface area contributed by atoms with Crippen LogP contribution in [0.5, 0.6) is 11.5 Å². The van der Waals surface area contributed by atoms with Crippen molar-refractivity contribution >= 4 is 11.5 Å². The van der Waals surface area contributed by atoms with Gasteiger partial charge < -0.3 is 19.9 Å². The second kappa shape index (κ2) is 12.1. The van der Waals surface area contributed by atoms with Crippen LogP contribution in [0.3, 0.4) is 0 Å². The first-order valence-electron chi connectivity index (χ1n) is 11.6. The lowest BCUT2D eigenvalue weighted by Gasteiger charge is -2.12. The number of aryl methyl sites for hydroxylation is 1. The predicted molar refractivity (Wildman–Crippen MR) is 142 cm³/mol. The molecule has 0 spiro atoms. The molecule has 3 aromatic rings. The first-order valence-corrected chi connectivity index (χ1v) is 11.6. The number of hydrogen-bond acceptors (Lipinski definition) is 4. The molecular weight excluding hydrogens is 450 g/mol. The maximum absolute atomic E-state index is 10.7. The Hall–Kier alpha value is -4.69. The van der Waals surface area contributed by atoms with Gasteiger partial charge in [0, 0.05) is 5.56 Å². The van der Waals surface area contributed by atoms with Crippen LogP contribution < -0.4 is 14.8 Å². The molecule has 0 fully saturated rings. The van der Waals surface area contributed by atoms with Crippen LogP contribution in [0.15, 0.2) is 103 Å². The minimum Gasteiger partial charge on any atom is -0.489 e. The highest BCUT2D eigenvalue weighted by Crippen LogP contribution is 2.26. The normalized spacial score (nSPS) is 14.4. The molecule has 1 aliphatic rings. The van der Waals surface area contributed by atoms with E-state index in [-0.39, 0.29) is 12.6 Å². The van der Waals surface area contributed by atoms with E-state index in [2.05, 4.69) is 47.5 Å².